The van der Waals surface area contributed by atoms with Crippen LogP contribution in [0, 0.1) is 0 Å². The van der Waals surface area contributed by atoms with Crippen LogP contribution in [0.15, 0.2) is 0 Å². The molecule has 0 radical (unpaired) electrons. The van der Waals surface area contributed by atoms with Gasteiger partial charge in [0.1, 0.15) is 0 Å². The molecule has 0 spiro atoms. The molecule has 0 aromatic rings. The Morgan fingerprint density at radius 2 is 1.74 bits per heavy atom. The Bertz CT molecular complexity index is 389. The van der Waals surface area contributed by atoms with Gasteiger partial charge in [-0.15, -0.1) is 0 Å². The Labute approximate surface area is 114 Å². The Balaban J connectivity index is 2.74. The topological polar surface area (TPSA) is 111 Å². The van der Waals surface area contributed by atoms with Gasteiger partial charge in [-0.25, -0.2) is 9.52 Å². The van der Waals surface area contributed by atoms with E-state index in [1.54, 1.807) is 4.72 Å². The average Bonchev–Trinajstić information content (AvgIpc) is 2.32. The highest BCUT2D eigenvalue weighted by atomic mass is 32.2. The Morgan fingerprint density at radius 3 is 2.21 bits per heavy atom. The maximum Gasteiger partial charge on any atom is 0.421 e. The quantitative estimate of drug-likeness (QED) is 0.703. The van der Waals surface area contributed by atoms with Crippen molar-refractivity contribution < 1.29 is 17.9 Å². The van der Waals surface area contributed by atoms with Gasteiger partial charge in [0.05, 0.1) is 7.11 Å². The van der Waals surface area contributed by atoms with Gasteiger partial charge in [0.25, 0.3) is 0 Å². The number of rotatable bonds is 4. The fourth-order valence-electron chi connectivity index (χ4n) is 2.39. The SMILES string of the molecule is COC(=O)NS(=O)(=O)NC1(CN)CCCCCCC1. The highest BCUT2D eigenvalue weighted by Gasteiger charge is 2.34. The van der Waals surface area contributed by atoms with E-state index in [1.165, 1.54) is 6.42 Å². The number of nitrogens with two attached hydrogens (primary N) is 1. The van der Waals surface area contributed by atoms with Gasteiger partial charge in [-0.05, 0) is 12.8 Å². The molecule has 1 rings (SSSR count). The van der Waals surface area contributed by atoms with Crippen LogP contribution in [0.2, 0.25) is 0 Å². The van der Waals surface area contributed by atoms with Crippen LogP contribution in [-0.4, -0.2) is 33.7 Å². The second kappa shape index (κ2) is 7.06. The summed E-state index contributed by atoms with van der Waals surface area (Å²) >= 11 is 0. The lowest BCUT2D eigenvalue weighted by atomic mass is 9.85. The van der Waals surface area contributed by atoms with E-state index in [4.69, 9.17) is 5.73 Å². The van der Waals surface area contributed by atoms with E-state index in [9.17, 15) is 13.2 Å². The van der Waals surface area contributed by atoms with E-state index in [0.717, 1.165) is 32.8 Å². The van der Waals surface area contributed by atoms with Crippen LogP contribution in [0.25, 0.3) is 0 Å². The third-order valence-electron chi connectivity index (χ3n) is 3.46. The molecule has 0 aliphatic heterocycles. The molecule has 0 aromatic carbocycles. The number of methoxy groups -OCH3 is 1. The van der Waals surface area contributed by atoms with Crippen LogP contribution in [0.3, 0.4) is 0 Å². The van der Waals surface area contributed by atoms with E-state index in [-0.39, 0.29) is 6.54 Å². The van der Waals surface area contributed by atoms with Gasteiger partial charge < -0.3 is 10.5 Å². The molecule has 19 heavy (non-hydrogen) atoms. The fourth-order valence-corrected chi connectivity index (χ4v) is 3.60. The third kappa shape index (κ3) is 5.33. The van der Waals surface area contributed by atoms with E-state index in [2.05, 4.69) is 9.46 Å². The Hall–Kier alpha value is -0.860. The van der Waals surface area contributed by atoms with Crippen molar-refractivity contribution in [1.29, 1.82) is 0 Å². The number of nitrogens with one attached hydrogen (secondary N) is 2. The summed E-state index contributed by atoms with van der Waals surface area (Å²) in [6.45, 7) is 0.217. The van der Waals surface area contributed by atoms with Crippen molar-refractivity contribution in [3.05, 3.63) is 0 Å². The molecule has 0 atom stereocenters. The van der Waals surface area contributed by atoms with Crippen LogP contribution in [0.4, 0.5) is 4.79 Å². The maximum absolute atomic E-state index is 11.9. The molecule has 4 N–H and O–H groups in total. The second-order valence-corrected chi connectivity index (χ2v) is 6.37. The van der Waals surface area contributed by atoms with Crippen molar-refractivity contribution >= 4 is 16.3 Å². The molecule has 0 saturated heterocycles. The van der Waals surface area contributed by atoms with Crippen molar-refractivity contribution in [2.75, 3.05) is 13.7 Å². The number of ether oxygens (including phenoxy) is 1. The van der Waals surface area contributed by atoms with Gasteiger partial charge in [-0.3, -0.25) is 0 Å². The number of carbonyl (C=O) groups excluding carboxylic acids is 1. The molecular formula is C11H23N3O4S. The van der Waals surface area contributed by atoms with Gasteiger partial charge in [0.15, 0.2) is 0 Å². The first-order chi connectivity index (χ1) is 8.93. The first-order valence-electron chi connectivity index (χ1n) is 6.53. The molecule has 7 nitrogen and oxygen atoms in total. The summed E-state index contributed by atoms with van der Waals surface area (Å²) in [5.41, 5.74) is 5.09. The fraction of sp³-hybridized carbons (Fsp3) is 0.909. The van der Waals surface area contributed by atoms with E-state index in [0.29, 0.717) is 12.8 Å². The van der Waals surface area contributed by atoms with Gasteiger partial charge in [0, 0.05) is 12.1 Å². The maximum atomic E-state index is 11.9. The summed E-state index contributed by atoms with van der Waals surface area (Å²) in [5.74, 6) is 0. The molecule has 1 amide bonds. The van der Waals surface area contributed by atoms with Crippen molar-refractivity contribution in [2.45, 2.75) is 50.5 Å². The molecule has 1 aliphatic carbocycles. The summed E-state index contributed by atoms with van der Waals surface area (Å²) in [6, 6.07) is 0. The van der Waals surface area contributed by atoms with E-state index >= 15 is 0 Å². The smallest absolute Gasteiger partial charge is 0.421 e. The summed E-state index contributed by atoms with van der Waals surface area (Å²) in [6.07, 6.45) is 5.55. The third-order valence-corrected chi connectivity index (χ3v) is 4.59. The number of amides is 1. The summed E-state index contributed by atoms with van der Waals surface area (Å²) in [4.78, 5) is 11.0. The summed E-state index contributed by atoms with van der Waals surface area (Å²) in [7, 11) is -2.84. The van der Waals surface area contributed by atoms with Crippen molar-refractivity contribution in [3.63, 3.8) is 0 Å². The minimum atomic E-state index is -3.95. The molecule has 0 bridgehead atoms. The van der Waals surface area contributed by atoms with Crippen LogP contribution < -0.4 is 15.2 Å². The van der Waals surface area contributed by atoms with Crippen LogP contribution in [0.5, 0.6) is 0 Å². The molecule has 0 heterocycles. The van der Waals surface area contributed by atoms with Crippen LogP contribution in [-0.2, 0) is 14.9 Å². The summed E-state index contributed by atoms with van der Waals surface area (Å²) < 4.78 is 32.3. The number of hydrogen-bond donors (Lipinski definition) is 3. The zero-order valence-electron chi connectivity index (χ0n) is 11.3. The molecule has 0 unspecified atom stereocenters. The zero-order chi connectivity index (χ0) is 14.4. The van der Waals surface area contributed by atoms with Gasteiger partial charge >= 0.3 is 16.3 Å². The predicted molar refractivity (Wildman–Crippen MR) is 71.7 cm³/mol. The Morgan fingerprint density at radius 1 is 1.21 bits per heavy atom. The van der Waals surface area contributed by atoms with Crippen molar-refractivity contribution in [2.24, 2.45) is 5.73 Å². The highest BCUT2D eigenvalue weighted by molar-refractivity contribution is 7.88. The first-order valence-corrected chi connectivity index (χ1v) is 8.01. The molecule has 112 valence electrons. The molecule has 8 heteroatoms. The normalized spacial score (nSPS) is 20.1. The molecule has 1 saturated carbocycles. The number of hydrogen-bond acceptors (Lipinski definition) is 5. The van der Waals surface area contributed by atoms with Gasteiger partial charge in [-0.2, -0.15) is 13.1 Å². The van der Waals surface area contributed by atoms with Crippen LogP contribution >= 0.6 is 0 Å². The van der Waals surface area contributed by atoms with E-state index < -0.39 is 21.8 Å². The second-order valence-electron chi connectivity index (χ2n) is 4.95. The van der Waals surface area contributed by atoms with Crippen LogP contribution in [0.1, 0.15) is 44.9 Å². The predicted octanol–water partition coefficient (Wildman–Crippen LogP) is 0.619. The van der Waals surface area contributed by atoms with E-state index in [1.807, 2.05) is 0 Å². The lowest BCUT2D eigenvalue weighted by Gasteiger charge is -2.34. The summed E-state index contributed by atoms with van der Waals surface area (Å²) in [5, 5.41) is 0. The zero-order valence-corrected chi connectivity index (χ0v) is 12.1. The molecular weight excluding hydrogens is 270 g/mol. The molecule has 1 fully saturated rings. The van der Waals surface area contributed by atoms with Gasteiger partial charge in [-0.1, -0.05) is 32.1 Å². The number of carbonyl (C=O) groups is 1. The average molecular weight is 293 g/mol. The minimum absolute atomic E-state index is 0.217. The highest BCUT2D eigenvalue weighted by Crippen LogP contribution is 2.26. The minimum Gasteiger partial charge on any atom is -0.452 e. The Kier molecular flexibility index (Phi) is 6.02. The van der Waals surface area contributed by atoms with Crippen molar-refractivity contribution in [1.82, 2.24) is 9.44 Å². The largest absolute Gasteiger partial charge is 0.452 e. The monoisotopic (exact) mass is 293 g/mol. The standard InChI is InChI=1S/C11H23N3O4S/c1-18-10(15)13-19(16,17)14-11(9-12)7-5-3-2-4-6-8-11/h14H,2-9,12H2,1H3,(H,13,15). The van der Waals surface area contributed by atoms with Gasteiger partial charge in [0.2, 0.25) is 0 Å². The first kappa shape index (κ1) is 16.2. The molecule has 1 aliphatic rings. The molecule has 0 aromatic heterocycles. The lowest BCUT2D eigenvalue weighted by molar-refractivity contribution is 0.177. The van der Waals surface area contributed by atoms with Crippen molar-refractivity contribution in [3.8, 4) is 0 Å². The lowest BCUT2D eigenvalue weighted by Crippen LogP contribution is -2.57.